The molecule has 1 aliphatic rings. The molecule has 154 valence electrons. The van der Waals surface area contributed by atoms with Gasteiger partial charge in [0.1, 0.15) is 11.5 Å². The van der Waals surface area contributed by atoms with Crippen molar-refractivity contribution in [1.29, 1.82) is 0 Å². The predicted molar refractivity (Wildman–Crippen MR) is 109 cm³/mol. The topological polar surface area (TPSA) is 95.0 Å². The van der Waals surface area contributed by atoms with Crippen molar-refractivity contribution in [3.63, 3.8) is 0 Å². The van der Waals surface area contributed by atoms with Crippen LogP contribution in [0.5, 0.6) is 0 Å². The first-order valence-corrected chi connectivity index (χ1v) is 10.3. The molecule has 0 saturated heterocycles. The summed E-state index contributed by atoms with van der Waals surface area (Å²) in [5.74, 6) is 1.27. The number of para-hydroxylation sites is 1. The zero-order chi connectivity index (χ0) is 20.4. The van der Waals surface area contributed by atoms with Crippen LogP contribution in [0.3, 0.4) is 0 Å². The molecule has 1 amide bonds. The minimum Gasteiger partial charge on any atom is -0.356 e. The number of aryl methyl sites for hydroxylation is 2. The van der Waals surface area contributed by atoms with Crippen LogP contribution >= 0.6 is 0 Å². The first-order chi connectivity index (χ1) is 14.0. The molecule has 1 aliphatic heterocycles. The van der Waals surface area contributed by atoms with Crippen molar-refractivity contribution >= 4 is 16.9 Å². The van der Waals surface area contributed by atoms with Gasteiger partial charge in [-0.25, -0.2) is 9.48 Å². The molecule has 29 heavy (non-hydrogen) atoms. The summed E-state index contributed by atoms with van der Waals surface area (Å²) >= 11 is 0. The number of aromatic nitrogens is 4. The number of carbonyl (C=O) groups excluding carboxylic acids is 1. The molecule has 0 bridgehead atoms. The summed E-state index contributed by atoms with van der Waals surface area (Å²) in [5, 5.41) is 12.5. The summed E-state index contributed by atoms with van der Waals surface area (Å²) in [6, 6.07) is 7.55. The Bertz CT molecular complexity index is 1060. The molecule has 8 heteroatoms. The zero-order valence-electron chi connectivity index (χ0n) is 16.9. The predicted octanol–water partition coefficient (Wildman–Crippen LogP) is 2.30. The average Bonchev–Trinajstić information content (AvgIpc) is 3.16. The van der Waals surface area contributed by atoms with Gasteiger partial charge in [0.05, 0.1) is 6.42 Å². The van der Waals surface area contributed by atoms with Crippen LogP contribution in [0, 0.1) is 5.92 Å². The van der Waals surface area contributed by atoms with E-state index in [-0.39, 0.29) is 24.1 Å². The maximum Gasteiger partial charge on any atom is 0.345 e. The molecule has 0 fully saturated rings. The Morgan fingerprint density at radius 2 is 2.14 bits per heavy atom. The van der Waals surface area contributed by atoms with Crippen LogP contribution in [-0.2, 0) is 30.7 Å². The van der Waals surface area contributed by atoms with Crippen molar-refractivity contribution in [2.75, 3.05) is 0 Å². The van der Waals surface area contributed by atoms with E-state index in [4.69, 9.17) is 4.52 Å². The summed E-state index contributed by atoms with van der Waals surface area (Å²) in [4.78, 5) is 25.1. The van der Waals surface area contributed by atoms with Crippen molar-refractivity contribution in [3.05, 3.63) is 46.3 Å². The van der Waals surface area contributed by atoms with E-state index >= 15 is 0 Å². The fourth-order valence-electron chi connectivity index (χ4n) is 3.79. The number of amides is 1. The molecule has 0 radical (unpaired) electrons. The van der Waals surface area contributed by atoms with Crippen LogP contribution in [0.15, 0.2) is 33.6 Å². The number of fused-ring (bicyclic) bond motifs is 2. The Hall–Kier alpha value is -2.90. The summed E-state index contributed by atoms with van der Waals surface area (Å²) in [6.45, 7) is 5.51. The number of hydrogen-bond donors (Lipinski definition) is 1. The average molecular weight is 397 g/mol. The minimum absolute atomic E-state index is 0.0193. The first-order valence-electron chi connectivity index (χ1n) is 10.3. The van der Waals surface area contributed by atoms with Crippen molar-refractivity contribution < 1.29 is 9.32 Å². The zero-order valence-corrected chi connectivity index (χ0v) is 16.9. The Balaban J connectivity index is 1.36. The monoisotopic (exact) mass is 397 g/mol. The van der Waals surface area contributed by atoms with Gasteiger partial charge in [0.25, 0.3) is 0 Å². The van der Waals surface area contributed by atoms with Gasteiger partial charge in [-0.15, -0.1) is 0 Å². The molecule has 1 atom stereocenters. The van der Waals surface area contributed by atoms with Crippen molar-refractivity contribution in [3.8, 4) is 0 Å². The maximum atomic E-state index is 12.6. The second-order valence-electron chi connectivity index (χ2n) is 8.15. The molecule has 3 heterocycles. The summed E-state index contributed by atoms with van der Waals surface area (Å²) in [6.07, 6.45) is 3.29. The largest absolute Gasteiger partial charge is 0.356 e. The SMILES string of the molecule is CC(C)CCn1nc2n(c1=O)CCC(NC(=O)Cc1noc3ccccc13)CC2. The van der Waals surface area contributed by atoms with Crippen LogP contribution in [0.1, 0.15) is 44.6 Å². The lowest BCUT2D eigenvalue weighted by Gasteiger charge is -2.15. The van der Waals surface area contributed by atoms with Crippen molar-refractivity contribution in [2.24, 2.45) is 5.92 Å². The summed E-state index contributed by atoms with van der Waals surface area (Å²) < 4.78 is 8.62. The van der Waals surface area contributed by atoms with Crippen LogP contribution in [0.2, 0.25) is 0 Å². The molecule has 2 aromatic heterocycles. The number of hydrogen-bond acceptors (Lipinski definition) is 5. The van der Waals surface area contributed by atoms with Gasteiger partial charge in [0.15, 0.2) is 5.58 Å². The lowest BCUT2D eigenvalue weighted by molar-refractivity contribution is -0.121. The van der Waals surface area contributed by atoms with E-state index in [9.17, 15) is 9.59 Å². The number of carbonyl (C=O) groups is 1. The molecule has 0 spiro atoms. The van der Waals surface area contributed by atoms with E-state index < -0.39 is 0 Å². The molecule has 8 nitrogen and oxygen atoms in total. The number of nitrogens with zero attached hydrogens (tertiary/aromatic N) is 4. The van der Waals surface area contributed by atoms with Crippen LogP contribution in [0.4, 0.5) is 0 Å². The number of nitrogens with one attached hydrogen (secondary N) is 1. The highest BCUT2D eigenvalue weighted by atomic mass is 16.5. The highest BCUT2D eigenvalue weighted by Gasteiger charge is 2.23. The van der Waals surface area contributed by atoms with E-state index in [2.05, 4.69) is 29.4 Å². The van der Waals surface area contributed by atoms with Gasteiger partial charge in [0, 0.05) is 30.9 Å². The molecule has 1 N–H and O–H groups in total. The van der Waals surface area contributed by atoms with Crippen molar-refractivity contribution in [2.45, 2.75) is 65.1 Å². The second kappa shape index (κ2) is 8.23. The van der Waals surface area contributed by atoms with Crippen LogP contribution in [-0.4, -0.2) is 31.5 Å². The fourth-order valence-corrected chi connectivity index (χ4v) is 3.79. The number of rotatable bonds is 6. The van der Waals surface area contributed by atoms with Gasteiger partial charge in [-0.2, -0.15) is 5.10 Å². The third-order valence-corrected chi connectivity index (χ3v) is 5.48. The standard InChI is InChI=1S/C21H27N5O3/c1-14(2)9-12-26-21(28)25-11-10-15(7-8-19(25)23-26)22-20(27)13-17-16-5-3-4-6-18(16)29-24-17/h3-6,14-15H,7-13H2,1-2H3,(H,22,27). The normalized spacial score (nSPS) is 16.7. The van der Waals surface area contributed by atoms with E-state index in [0.29, 0.717) is 43.1 Å². The van der Waals surface area contributed by atoms with Gasteiger partial charge < -0.3 is 9.84 Å². The van der Waals surface area contributed by atoms with Crippen LogP contribution in [0.25, 0.3) is 11.0 Å². The minimum atomic E-state index is -0.0806. The van der Waals surface area contributed by atoms with Crippen LogP contribution < -0.4 is 11.0 Å². The molecule has 1 unspecified atom stereocenters. The Morgan fingerprint density at radius 1 is 1.31 bits per heavy atom. The smallest absolute Gasteiger partial charge is 0.345 e. The Morgan fingerprint density at radius 3 is 2.97 bits per heavy atom. The summed E-state index contributed by atoms with van der Waals surface area (Å²) in [7, 11) is 0. The lowest BCUT2D eigenvalue weighted by atomic mass is 10.1. The molecule has 0 saturated carbocycles. The number of benzene rings is 1. The third-order valence-electron chi connectivity index (χ3n) is 5.48. The lowest BCUT2D eigenvalue weighted by Crippen LogP contribution is -2.36. The molecular formula is C21H27N5O3. The molecule has 3 aromatic rings. The third kappa shape index (κ3) is 4.26. The van der Waals surface area contributed by atoms with E-state index in [1.165, 1.54) is 0 Å². The van der Waals surface area contributed by atoms with Gasteiger partial charge in [0.2, 0.25) is 5.91 Å². The Labute approximate surface area is 168 Å². The second-order valence-corrected chi connectivity index (χ2v) is 8.15. The van der Waals surface area contributed by atoms with E-state index in [1.807, 2.05) is 24.3 Å². The van der Waals surface area contributed by atoms with Gasteiger partial charge >= 0.3 is 5.69 Å². The first kappa shape index (κ1) is 19.4. The van der Waals surface area contributed by atoms with Gasteiger partial charge in [-0.3, -0.25) is 9.36 Å². The highest BCUT2D eigenvalue weighted by molar-refractivity contribution is 5.86. The van der Waals surface area contributed by atoms with Gasteiger partial charge in [-0.05, 0) is 37.3 Å². The Kier molecular flexibility index (Phi) is 5.51. The molecule has 4 rings (SSSR count). The van der Waals surface area contributed by atoms with E-state index in [1.54, 1.807) is 9.25 Å². The molecular weight excluding hydrogens is 370 g/mol. The highest BCUT2D eigenvalue weighted by Crippen LogP contribution is 2.18. The summed E-state index contributed by atoms with van der Waals surface area (Å²) in [5.41, 5.74) is 1.29. The quantitative estimate of drug-likeness (QED) is 0.689. The molecule has 1 aromatic carbocycles. The maximum absolute atomic E-state index is 12.6. The van der Waals surface area contributed by atoms with Crippen molar-refractivity contribution in [1.82, 2.24) is 24.8 Å². The van der Waals surface area contributed by atoms with Gasteiger partial charge in [-0.1, -0.05) is 31.1 Å². The fraction of sp³-hybridized carbons (Fsp3) is 0.524. The van der Waals surface area contributed by atoms with E-state index in [0.717, 1.165) is 24.1 Å². The molecule has 0 aliphatic carbocycles.